The van der Waals surface area contributed by atoms with E-state index in [0.717, 1.165) is 0 Å². The number of carboxylic acids is 1. The van der Waals surface area contributed by atoms with E-state index in [0.29, 0.717) is 18.8 Å². The topological polar surface area (TPSA) is 106 Å². The van der Waals surface area contributed by atoms with Crippen LogP contribution in [0, 0.1) is 0 Å². The van der Waals surface area contributed by atoms with Crippen LogP contribution in [0.3, 0.4) is 0 Å². The van der Waals surface area contributed by atoms with Crippen molar-refractivity contribution in [3.63, 3.8) is 0 Å². The quantitative estimate of drug-likeness (QED) is 0.784. The minimum atomic E-state index is -0.972. The lowest BCUT2D eigenvalue weighted by Gasteiger charge is -2.23. The van der Waals surface area contributed by atoms with E-state index >= 15 is 0 Å². The zero-order valence-corrected chi connectivity index (χ0v) is 10.4. The van der Waals surface area contributed by atoms with Crippen molar-refractivity contribution in [3.05, 3.63) is 23.9 Å². The number of nitrogens with two attached hydrogens (primary N) is 1. The highest BCUT2D eigenvalue weighted by Gasteiger charge is 2.39. The molecule has 0 radical (unpaired) electrons. The van der Waals surface area contributed by atoms with Crippen molar-refractivity contribution in [2.24, 2.45) is 5.73 Å². The lowest BCUT2D eigenvalue weighted by Crippen LogP contribution is -2.38. The van der Waals surface area contributed by atoms with Gasteiger partial charge < -0.3 is 20.5 Å². The number of amides is 1. The first kappa shape index (κ1) is 13.3. The largest absolute Gasteiger partial charge is 0.480 e. The monoisotopic (exact) mass is 265 g/mol. The Balaban J connectivity index is 2.39. The number of hydrogen-bond donors (Lipinski definition) is 2. The summed E-state index contributed by atoms with van der Waals surface area (Å²) in [7, 11) is 1.53. The number of aliphatic carboxylic acids is 1. The summed E-state index contributed by atoms with van der Waals surface area (Å²) < 4.78 is 5.19. The molecule has 1 aromatic heterocycles. The molecule has 2 heterocycles. The molecule has 2 rings (SSSR count). The van der Waals surface area contributed by atoms with E-state index in [1.807, 2.05) is 0 Å². The molecule has 19 heavy (non-hydrogen) atoms. The molecule has 0 aliphatic carbocycles. The van der Waals surface area contributed by atoms with Crippen molar-refractivity contribution in [1.82, 2.24) is 4.98 Å². The summed E-state index contributed by atoms with van der Waals surface area (Å²) in [6.07, 6.45) is 1.64. The molecule has 0 bridgehead atoms. The smallest absolute Gasteiger partial charge is 0.326 e. The van der Waals surface area contributed by atoms with Crippen LogP contribution < -0.4 is 10.6 Å². The first-order valence-corrected chi connectivity index (χ1v) is 5.81. The first-order chi connectivity index (χ1) is 9.04. The third-order valence-electron chi connectivity index (χ3n) is 3.21. The number of carbonyl (C=O) groups excluding carboxylic acids is 1. The molecule has 2 unspecified atom stereocenters. The second-order valence-corrected chi connectivity index (χ2v) is 4.34. The van der Waals surface area contributed by atoms with Crippen LogP contribution in [-0.2, 0) is 9.53 Å². The van der Waals surface area contributed by atoms with Crippen molar-refractivity contribution in [2.75, 3.05) is 18.6 Å². The van der Waals surface area contributed by atoms with Crippen molar-refractivity contribution >= 4 is 17.7 Å². The Morgan fingerprint density at radius 3 is 2.89 bits per heavy atom. The van der Waals surface area contributed by atoms with E-state index < -0.39 is 17.9 Å². The van der Waals surface area contributed by atoms with E-state index in [1.165, 1.54) is 19.4 Å². The summed E-state index contributed by atoms with van der Waals surface area (Å²) in [6.45, 7) is 0.366. The molecule has 1 saturated heterocycles. The summed E-state index contributed by atoms with van der Waals surface area (Å²) >= 11 is 0. The van der Waals surface area contributed by atoms with Crippen LogP contribution in [0.25, 0.3) is 0 Å². The average Bonchev–Trinajstić information content (AvgIpc) is 2.83. The third kappa shape index (κ3) is 2.50. The molecule has 0 spiro atoms. The zero-order valence-electron chi connectivity index (χ0n) is 10.4. The lowest BCUT2D eigenvalue weighted by molar-refractivity contribution is -0.138. The van der Waals surface area contributed by atoms with E-state index in [4.69, 9.17) is 10.5 Å². The number of carbonyl (C=O) groups is 2. The summed E-state index contributed by atoms with van der Waals surface area (Å²) in [6, 6.07) is 2.35. The highest BCUT2D eigenvalue weighted by molar-refractivity contribution is 5.98. The minimum Gasteiger partial charge on any atom is -0.480 e. The maximum absolute atomic E-state index is 11.4. The summed E-state index contributed by atoms with van der Waals surface area (Å²) in [5.74, 6) is -1.31. The van der Waals surface area contributed by atoms with Gasteiger partial charge >= 0.3 is 5.97 Å². The van der Waals surface area contributed by atoms with Crippen molar-refractivity contribution in [3.8, 4) is 0 Å². The Labute approximate surface area is 110 Å². The number of primary amides is 1. The third-order valence-corrected chi connectivity index (χ3v) is 3.21. The van der Waals surface area contributed by atoms with Gasteiger partial charge in [-0.05, 0) is 12.1 Å². The normalized spacial score (nSPS) is 22.5. The Morgan fingerprint density at radius 2 is 2.32 bits per heavy atom. The zero-order chi connectivity index (χ0) is 14.0. The van der Waals surface area contributed by atoms with Gasteiger partial charge in [-0.3, -0.25) is 4.79 Å². The van der Waals surface area contributed by atoms with Gasteiger partial charge in [0.05, 0.1) is 11.7 Å². The molecule has 3 N–H and O–H groups in total. The Kier molecular flexibility index (Phi) is 3.66. The number of hydrogen-bond acceptors (Lipinski definition) is 5. The molecule has 1 amide bonds. The molecule has 2 atom stereocenters. The number of aromatic nitrogens is 1. The van der Waals surface area contributed by atoms with Gasteiger partial charge in [0.25, 0.3) is 5.91 Å². The van der Waals surface area contributed by atoms with Crippen LogP contribution in [0.5, 0.6) is 0 Å². The number of anilines is 1. The summed E-state index contributed by atoms with van der Waals surface area (Å²) in [4.78, 5) is 28.3. The molecule has 1 fully saturated rings. The summed E-state index contributed by atoms with van der Waals surface area (Å²) in [5.41, 5.74) is 5.50. The number of rotatable bonds is 4. The maximum Gasteiger partial charge on any atom is 0.326 e. The minimum absolute atomic E-state index is 0.205. The molecule has 0 aromatic carbocycles. The van der Waals surface area contributed by atoms with Crippen molar-refractivity contribution in [2.45, 2.75) is 18.6 Å². The summed E-state index contributed by atoms with van der Waals surface area (Å²) in [5, 5.41) is 9.25. The Bertz CT molecular complexity index is 506. The van der Waals surface area contributed by atoms with E-state index in [9.17, 15) is 14.7 Å². The highest BCUT2D eigenvalue weighted by Crippen LogP contribution is 2.28. The molecule has 1 aliphatic rings. The van der Waals surface area contributed by atoms with Gasteiger partial charge in [-0.15, -0.1) is 0 Å². The average molecular weight is 265 g/mol. The number of ether oxygens (including phenoxy) is 1. The lowest BCUT2D eigenvalue weighted by atomic mass is 10.2. The highest BCUT2D eigenvalue weighted by atomic mass is 16.5. The van der Waals surface area contributed by atoms with Crippen LogP contribution in [0.15, 0.2) is 18.3 Å². The SMILES string of the molecule is COC1CC(C(=O)O)N(c2ncccc2C(N)=O)C1. The van der Waals surface area contributed by atoms with Crippen molar-refractivity contribution in [1.29, 1.82) is 0 Å². The van der Waals surface area contributed by atoms with Gasteiger partial charge in [0, 0.05) is 26.3 Å². The van der Waals surface area contributed by atoms with Gasteiger partial charge in [0.2, 0.25) is 0 Å². The number of nitrogens with zero attached hydrogens (tertiary/aromatic N) is 2. The molecule has 1 aliphatic heterocycles. The van der Waals surface area contributed by atoms with Crippen molar-refractivity contribution < 1.29 is 19.4 Å². The predicted molar refractivity (Wildman–Crippen MR) is 66.9 cm³/mol. The molecule has 7 heteroatoms. The Morgan fingerprint density at radius 1 is 1.58 bits per heavy atom. The van der Waals surface area contributed by atoms with Gasteiger partial charge in [-0.2, -0.15) is 0 Å². The Hall–Kier alpha value is -2.15. The molecule has 1 aromatic rings. The number of pyridine rings is 1. The fourth-order valence-corrected chi connectivity index (χ4v) is 2.25. The van der Waals surface area contributed by atoms with Crippen LogP contribution in [-0.4, -0.2) is 47.8 Å². The molecular weight excluding hydrogens is 250 g/mol. The van der Waals surface area contributed by atoms with Crippen LogP contribution in [0.4, 0.5) is 5.82 Å². The number of methoxy groups -OCH3 is 1. The fraction of sp³-hybridized carbons (Fsp3) is 0.417. The molecular formula is C12H15N3O4. The van der Waals surface area contributed by atoms with E-state index in [1.54, 1.807) is 11.0 Å². The second kappa shape index (κ2) is 5.23. The first-order valence-electron chi connectivity index (χ1n) is 5.81. The maximum atomic E-state index is 11.4. The molecule has 102 valence electrons. The van der Waals surface area contributed by atoms with Gasteiger partial charge in [0.15, 0.2) is 0 Å². The fourth-order valence-electron chi connectivity index (χ4n) is 2.25. The van der Waals surface area contributed by atoms with Crippen LogP contribution >= 0.6 is 0 Å². The van der Waals surface area contributed by atoms with E-state index in [-0.39, 0.29) is 11.7 Å². The van der Waals surface area contributed by atoms with E-state index in [2.05, 4.69) is 4.98 Å². The molecule has 7 nitrogen and oxygen atoms in total. The van der Waals surface area contributed by atoms with Gasteiger partial charge in [-0.1, -0.05) is 0 Å². The van der Waals surface area contributed by atoms with Gasteiger partial charge in [-0.25, -0.2) is 9.78 Å². The van der Waals surface area contributed by atoms with Crippen LogP contribution in [0.2, 0.25) is 0 Å². The predicted octanol–water partition coefficient (Wildman–Crippen LogP) is -0.141. The van der Waals surface area contributed by atoms with Crippen LogP contribution in [0.1, 0.15) is 16.8 Å². The van der Waals surface area contributed by atoms with Gasteiger partial charge in [0.1, 0.15) is 11.9 Å². The molecule has 0 saturated carbocycles. The standard InChI is InChI=1S/C12H15N3O4/c1-19-7-5-9(12(17)18)15(6-7)11-8(10(13)16)3-2-4-14-11/h2-4,7,9H,5-6H2,1H3,(H2,13,16)(H,17,18). The number of carboxylic acid groups (broad SMARTS) is 1. The second-order valence-electron chi connectivity index (χ2n) is 4.34.